The SMILES string of the molecule is CCCC(=O)N(CCCOC(C)C)[C@@H]1CC(C(=O)NCCO)=C[C@H](Oc2ccccc2I)[C@H]1O. The lowest BCUT2D eigenvalue weighted by molar-refractivity contribution is -0.139. The second kappa shape index (κ2) is 14.7. The van der Waals surface area contributed by atoms with E-state index in [0.29, 0.717) is 43.7 Å². The van der Waals surface area contributed by atoms with E-state index in [1.54, 1.807) is 17.0 Å². The van der Waals surface area contributed by atoms with Crippen LogP contribution < -0.4 is 10.1 Å². The molecular formula is C25H37IN2O6. The van der Waals surface area contributed by atoms with Crippen LogP contribution in [0.2, 0.25) is 0 Å². The van der Waals surface area contributed by atoms with Gasteiger partial charge in [0.05, 0.1) is 22.3 Å². The van der Waals surface area contributed by atoms with Gasteiger partial charge in [0.2, 0.25) is 11.8 Å². The molecule has 0 saturated heterocycles. The van der Waals surface area contributed by atoms with Crippen LogP contribution in [0.4, 0.5) is 0 Å². The summed E-state index contributed by atoms with van der Waals surface area (Å²) in [5.74, 6) is 0.186. The maximum atomic E-state index is 13.1. The molecule has 1 aliphatic carbocycles. The third-order valence-corrected chi connectivity index (χ3v) is 6.38. The molecule has 34 heavy (non-hydrogen) atoms. The van der Waals surface area contributed by atoms with E-state index < -0.39 is 18.2 Å². The van der Waals surface area contributed by atoms with Gasteiger partial charge in [0, 0.05) is 38.1 Å². The molecule has 3 N–H and O–H groups in total. The number of para-hydroxylation sites is 1. The third-order valence-electron chi connectivity index (χ3n) is 5.49. The quantitative estimate of drug-likeness (QED) is 0.242. The summed E-state index contributed by atoms with van der Waals surface area (Å²) in [6.45, 7) is 6.71. The highest BCUT2D eigenvalue weighted by Gasteiger charge is 2.40. The van der Waals surface area contributed by atoms with Crippen molar-refractivity contribution in [2.45, 2.75) is 70.8 Å². The monoisotopic (exact) mass is 588 g/mol. The summed E-state index contributed by atoms with van der Waals surface area (Å²) < 4.78 is 12.6. The van der Waals surface area contributed by atoms with Gasteiger partial charge in [-0.15, -0.1) is 0 Å². The topological polar surface area (TPSA) is 108 Å². The Bertz CT molecular complexity index is 831. The Morgan fingerprint density at radius 1 is 1.29 bits per heavy atom. The number of hydrogen-bond acceptors (Lipinski definition) is 6. The summed E-state index contributed by atoms with van der Waals surface area (Å²) in [5, 5.41) is 23.1. The summed E-state index contributed by atoms with van der Waals surface area (Å²) in [7, 11) is 0. The highest BCUT2D eigenvalue weighted by atomic mass is 127. The molecule has 190 valence electrons. The highest BCUT2D eigenvalue weighted by molar-refractivity contribution is 14.1. The fourth-order valence-corrected chi connectivity index (χ4v) is 4.37. The van der Waals surface area contributed by atoms with Crippen molar-refractivity contribution >= 4 is 34.4 Å². The first kappa shape index (κ1) is 28.5. The molecule has 1 aliphatic rings. The number of carbonyl (C=O) groups excluding carboxylic acids is 2. The van der Waals surface area contributed by atoms with E-state index in [1.165, 1.54) is 0 Å². The van der Waals surface area contributed by atoms with Crippen molar-refractivity contribution in [1.82, 2.24) is 10.2 Å². The Balaban J connectivity index is 2.32. The van der Waals surface area contributed by atoms with Crippen molar-refractivity contribution < 1.29 is 29.3 Å². The zero-order valence-corrected chi connectivity index (χ0v) is 22.4. The molecule has 2 amide bonds. The van der Waals surface area contributed by atoms with Crippen LogP contribution in [-0.2, 0) is 14.3 Å². The standard InChI is InChI=1S/C25H37IN2O6/c1-4-8-23(30)28(12-7-14-33-17(2)3)20-15-18(25(32)27-11-13-29)16-22(24(20)31)34-21-10-6-5-9-19(21)26/h5-6,9-10,16-17,20,22,24,29,31H,4,7-8,11-15H2,1-3H3,(H,27,32)/t20-,22+,24+/m1/s1. The van der Waals surface area contributed by atoms with Gasteiger partial charge in [0.25, 0.3) is 0 Å². The van der Waals surface area contributed by atoms with E-state index >= 15 is 0 Å². The third kappa shape index (κ3) is 8.51. The molecule has 0 bridgehead atoms. The summed E-state index contributed by atoms with van der Waals surface area (Å²) in [5.41, 5.74) is 0.424. The summed E-state index contributed by atoms with van der Waals surface area (Å²) in [4.78, 5) is 27.5. The van der Waals surface area contributed by atoms with E-state index in [2.05, 4.69) is 27.9 Å². The molecule has 0 spiro atoms. The Hall–Kier alpha value is -1.69. The lowest BCUT2D eigenvalue weighted by Crippen LogP contribution is -2.55. The van der Waals surface area contributed by atoms with Gasteiger partial charge in [-0.25, -0.2) is 0 Å². The lowest BCUT2D eigenvalue weighted by atomic mass is 9.87. The Labute approximate surface area is 215 Å². The van der Waals surface area contributed by atoms with E-state index in [1.807, 2.05) is 39.0 Å². The number of carbonyl (C=O) groups is 2. The van der Waals surface area contributed by atoms with Gasteiger partial charge < -0.3 is 29.9 Å². The first-order chi connectivity index (χ1) is 16.3. The van der Waals surface area contributed by atoms with Crippen molar-refractivity contribution in [2.24, 2.45) is 0 Å². The number of hydrogen-bond donors (Lipinski definition) is 3. The fourth-order valence-electron chi connectivity index (χ4n) is 3.85. The number of rotatable bonds is 13. The largest absolute Gasteiger partial charge is 0.482 e. The van der Waals surface area contributed by atoms with E-state index in [0.717, 1.165) is 3.57 Å². The number of aliphatic hydroxyl groups is 2. The van der Waals surface area contributed by atoms with Gasteiger partial charge >= 0.3 is 0 Å². The summed E-state index contributed by atoms with van der Waals surface area (Å²) in [6, 6.07) is 6.81. The van der Waals surface area contributed by atoms with Gasteiger partial charge in [-0.1, -0.05) is 19.1 Å². The Kier molecular flexibility index (Phi) is 12.3. The van der Waals surface area contributed by atoms with Crippen molar-refractivity contribution in [3.8, 4) is 5.75 Å². The van der Waals surface area contributed by atoms with E-state index in [9.17, 15) is 14.7 Å². The minimum atomic E-state index is -1.02. The smallest absolute Gasteiger partial charge is 0.247 e. The van der Waals surface area contributed by atoms with Crippen molar-refractivity contribution in [2.75, 3.05) is 26.3 Å². The maximum absolute atomic E-state index is 13.1. The van der Waals surface area contributed by atoms with E-state index in [4.69, 9.17) is 14.6 Å². The molecule has 3 atom stereocenters. The highest BCUT2D eigenvalue weighted by Crippen LogP contribution is 2.30. The number of amides is 2. The van der Waals surface area contributed by atoms with Crippen LogP contribution in [0.1, 0.15) is 46.5 Å². The van der Waals surface area contributed by atoms with Gasteiger partial charge in [-0.3, -0.25) is 9.59 Å². The van der Waals surface area contributed by atoms with Crippen molar-refractivity contribution in [3.63, 3.8) is 0 Å². The zero-order chi connectivity index (χ0) is 25.1. The number of benzene rings is 1. The van der Waals surface area contributed by atoms with Crippen LogP contribution in [0.25, 0.3) is 0 Å². The molecule has 0 saturated carbocycles. The molecule has 2 rings (SSSR count). The van der Waals surface area contributed by atoms with Gasteiger partial charge in [-0.2, -0.15) is 0 Å². The van der Waals surface area contributed by atoms with Crippen LogP contribution in [-0.4, -0.2) is 77.6 Å². The summed E-state index contributed by atoms with van der Waals surface area (Å²) >= 11 is 2.16. The second-order valence-corrected chi connectivity index (χ2v) is 9.72. The first-order valence-corrected chi connectivity index (χ1v) is 13.0. The number of nitrogens with zero attached hydrogens (tertiary/aromatic N) is 1. The lowest BCUT2D eigenvalue weighted by Gasteiger charge is -2.40. The normalized spacial score (nSPS) is 20.1. The first-order valence-electron chi connectivity index (χ1n) is 11.9. The second-order valence-electron chi connectivity index (χ2n) is 8.56. The molecule has 0 aromatic heterocycles. The number of nitrogens with one attached hydrogen (secondary N) is 1. The average Bonchev–Trinajstić information content (AvgIpc) is 2.80. The van der Waals surface area contributed by atoms with Crippen LogP contribution in [0.3, 0.4) is 0 Å². The minimum absolute atomic E-state index is 0.0684. The fraction of sp³-hybridized carbons (Fsp3) is 0.600. The van der Waals surface area contributed by atoms with E-state index in [-0.39, 0.29) is 37.5 Å². The van der Waals surface area contributed by atoms with Gasteiger partial charge in [0.15, 0.2) is 0 Å². The van der Waals surface area contributed by atoms with Gasteiger partial charge in [-0.05, 0) is 67.5 Å². The zero-order valence-electron chi connectivity index (χ0n) is 20.2. The van der Waals surface area contributed by atoms with Crippen molar-refractivity contribution in [3.05, 3.63) is 39.5 Å². The molecular weight excluding hydrogens is 551 g/mol. The Morgan fingerprint density at radius 2 is 2.03 bits per heavy atom. The Morgan fingerprint density at radius 3 is 2.68 bits per heavy atom. The maximum Gasteiger partial charge on any atom is 0.247 e. The molecule has 1 aromatic rings. The van der Waals surface area contributed by atoms with Crippen LogP contribution in [0.15, 0.2) is 35.9 Å². The average molecular weight is 588 g/mol. The predicted octanol–water partition coefficient (Wildman–Crippen LogP) is 2.65. The molecule has 0 radical (unpaired) electrons. The molecule has 0 unspecified atom stereocenters. The number of ether oxygens (including phenoxy) is 2. The molecule has 8 nitrogen and oxygen atoms in total. The van der Waals surface area contributed by atoms with Crippen LogP contribution >= 0.6 is 22.6 Å². The summed E-state index contributed by atoms with van der Waals surface area (Å²) in [6.07, 6.45) is 1.75. The minimum Gasteiger partial charge on any atom is -0.482 e. The number of aliphatic hydroxyl groups excluding tert-OH is 2. The molecule has 9 heteroatoms. The molecule has 0 heterocycles. The molecule has 0 fully saturated rings. The number of halogens is 1. The predicted molar refractivity (Wildman–Crippen MR) is 138 cm³/mol. The van der Waals surface area contributed by atoms with Crippen molar-refractivity contribution in [1.29, 1.82) is 0 Å². The van der Waals surface area contributed by atoms with Crippen LogP contribution in [0, 0.1) is 3.57 Å². The van der Waals surface area contributed by atoms with Crippen LogP contribution in [0.5, 0.6) is 5.75 Å². The molecule has 1 aromatic carbocycles. The van der Waals surface area contributed by atoms with Gasteiger partial charge in [0.1, 0.15) is 18.0 Å². The molecule has 0 aliphatic heterocycles.